The summed E-state index contributed by atoms with van der Waals surface area (Å²) in [5.74, 6) is 0.679. The Kier molecular flexibility index (Phi) is 3.77. The summed E-state index contributed by atoms with van der Waals surface area (Å²) in [6, 6.07) is 8.12. The zero-order chi connectivity index (χ0) is 12.1. The maximum absolute atomic E-state index is 8.77. The molecular weight excluding hydrogens is 214 g/mol. The Bertz CT molecular complexity index is 500. The van der Waals surface area contributed by atoms with Gasteiger partial charge in [-0.2, -0.15) is 5.10 Å². The van der Waals surface area contributed by atoms with Gasteiger partial charge in [-0.05, 0) is 19.4 Å². The van der Waals surface area contributed by atoms with Crippen LogP contribution in [0.4, 0.5) is 0 Å². The quantitative estimate of drug-likeness (QED) is 0.868. The van der Waals surface area contributed by atoms with Crippen molar-refractivity contribution >= 4 is 0 Å². The van der Waals surface area contributed by atoms with E-state index in [-0.39, 0.29) is 6.61 Å². The molecule has 0 aliphatic rings. The second-order valence-corrected chi connectivity index (χ2v) is 3.95. The molecule has 4 heteroatoms. The maximum atomic E-state index is 8.77. The largest absolute Gasteiger partial charge is 0.396 e. The summed E-state index contributed by atoms with van der Waals surface area (Å²) in [6.45, 7) is 2.20. The number of aliphatic hydroxyl groups is 1. The predicted molar refractivity (Wildman–Crippen MR) is 65.4 cm³/mol. The second-order valence-electron chi connectivity index (χ2n) is 3.95. The Labute approximate surface area is 100 Å². The Hall–Kier alpha value is -1.81. The number of aryl methyl sites for hydroxylation is 2. The molecule has 1 aromatic carbocycles. The van der Waals surface area contributed by atoms with Crippen LogP contribution in [-0.4, -0.2) is 26.9 Å². The summed E-state index contributed by atoms with van der Waals surface area (Å²) in [5, 5.41) is 16.7. The lowest BCUT2D eigenvalue weighted by Gasteiger charge is -2.03. The zero-order valence-electron chi connectivity index (χ0n) is 9.80. The minimum absolute atomic E-state index is 0.151. The minimum Gasteiger partial charge on any atom is -0.396 e. The summed E-state index contributed by atoms with van der Waals surface area (Å²) in [5.41, 5.74) is 3.07. The van der Waals surface area contributed by atoms with Crippen LogP contribution >= 0.6 is 0 Å². The van der Waals surface area contributed by atoms with Gasteiger partial charge in [-0.15, -0.1) is 5.10 Å². The van der Waals surface area contributed by atoms with Crippen LogP contribution in [0.3, 0.4) is 0 Å². The number of hydrogen-bond acceptors (Lipinski definition) is 4. The topological polar surface area (TPSA) is 58.9 Å². The highest BCUT2D eigenvalue weighted by Gasteiger charge is 2.03. The summed E-state index contributed by atoms with van der Waals surface area (Å²) < 4.78 is 0. The maximum Gasteiger partial charge on any atom is 0.151 e. The summed E-state index contributed by atoms with van der Waals surface area (Å²) >= 11 is 0. The molecule has 1 N–H and O–H groups in total. The van der Waals surface area contributed by atoms with Crippen LogP contribution in [0.2, 0.25) is 0 Å². The highest BCUT2D eigenvalue weighted by atomic mass is 16.2. The number of nitrogens with zero attached hydrogens (tertiary/aromatic N) is 3. The summed E-state index contributed by atoms with van der Waals surface area (Å²) in [4.78, 5) is 4.44. The molecule has 0 saturated carbocycles. The van der Waals surface area contributed by atoms with E-state index < -0.39 is 0 Å². The molecule has 88 valence electrons. The van der Waals surface area contributed by atoms with Gasteiger partial charge in [0.25, 0.3) is 0 Å². The second kappa shape index (κ2) is 5.50. The Morgan fingerprint density at radius 1 is 1.29 bits per heavy atom. The predicted octanol–water partition coefficient (Wildman–Crippen LogP) is 1.77. The van der Waals surface area contributed by atoms with E-state index in [2.05, 4.69) is 21.2 Å². The third-order valence-electron chi connectivity index (χ3n) is 2.48. The molecule has 1 heterocycles. The highest BCUT2D eigenvalue weighted by molar-refractivity contribution is 5.58. The first kappa shape index (κ1) is 11.7. The van der Waals surface area contributed by atoms with Gasteiger partial charge in [-0.1, -0.05) is 23.8 Å². The average molecular weight is 229 g/mol. The lowest BCUT2D eigenvalue weighted by molar-refractivity contribution is 0.287. The lowest BCUT2D eigenvalue weighted by atomic mass is 10.1. The first-order valence-electron chi connectivity index (χ1n) is 5.66. The smallest absolute Gasteiger partial charge is 0.151 e. The Balaban J connectivity index is 2.26. The van der Waals surface area contributed by atoms with Crippen LogP contribution < -0.4 is 0 Å². The Morgan fingerprint density at radius 2 is 2.18 bits per heavy atom. The van der Waals surface area contributed by atoms with Gasteiger partial charge in [0.15, 0.2) is 5.82 Å². The average Bonchev–Trinajstić information content (AvgIpc) is 2.37. The SMILES string of the molecule is Cc1cccc(-c2cnnc(CCCO)n2)c1. The van der Waals surface area contributed by atoms with Gasteiger partial charge in [0.2, 0.25) is 0 Å². The molecule has 0 bridgehead atoms. The molecule has 0 atom stereocenters. The highest BCUT2D eigenvalue weighted by Crippen LogP contribution is 2.16. The molecule has 2 rings (SSSR count). The van der Waals surface area contributed by atoms with Crippen molar-refractivity contribution in [1.29, 1.82) is 0 Å². The zero-order valence-corrected chi connectivity index (χ0v) is 9.80. The van der Waals surface area contributed by atoms with Crippen molar-refractivity contribution in [3.05, 3.63) is 41.9 Å². The van der Waals surface area contributed by atoms with E-state index in [1.165, 1.54) is 5.56 Å². The van der Waals surface area contributed by atoms with E-state index in [1.54, 1.807) is 6.20 Å². The molecule has 4 nitrogen and oxygen atoms in total. The molecule has 1 aromatic heterocycles. The van der Waals surface area contributed by atoms with Crippen molar-refractivity contribution in [3.63, 3.8) is 0 Å². The van der Waals surface area contributed by atoms with Crippen LogP contribution in [0.5, 0.6) is 0 Å². The Morgan fingerprint density at radius 3 is 2.94 bits per heavy atom. The van der Waals surface area contributed by atoms with E-state index in [4.69, 9.17) is 5.11 Å². The van der Waals surface area contributed by atoms with Crippen LogP contribution in [0, 0.1) is 6.92 Å². The van der Waals surface area contributed by atoms with Crippen LogP contribution in [-0.2, 0) is 6.42 Å². The first-order valence-corrected chi connectivity index (χ1v) is 5.66. The van der Waals surface area contributed by atoms with Crippen molar-refractivity contribution in [3.8, 4) is 11.3 Å². The van der Waals surface area contributed by atoms with Gasteiger partial charge in [-0.3, -0.25) is 0 Å². The third-order valence-corrected chi connectivity index (χ3v) is 2.48. The molecule has 17 heavy (non-hydrogen) atoms. The molecule has 0 fully saturated rings. The van der Waals surface area contributed by atoms with Crippen molar-refractivity contribution in [2.45, 2.75) is 19.8 Å². The van der Waals surface area contributed by atoms with E-state index in [0.717, 1.165) is 11.3 Å². The standard InChI is InChI=1S/C13H15N3O/c1-10-4-2-5-11(8-10)12-9-14-16-13(15-12)6-3-7-17/h2,4-5,8-9,17H,3,6-7H2,1H3. The van der Waals surface area contributed by atoms with Gasteiger partial charge in [-0.25, -0.2) is 4.98 Å². The number of benzene rings is 1. The normalized spacial score (nSPS) is 10.5. The van der Waals surface area contributed by atoms with Gasteiger partial charge in [0.1, 0.15) is 0 Å². The van der Waals surface area contributed by atoms with Crippen LogP contribution in [0.1, 0.15) is 17.8 Å². The third kappa shape index (κ3) is 3.07. The molecular formula is C13H15N3O. The van der Waals surface area contributed by atoms with Gasteiger partial charge in [0, 0.05) is 18.6 Å². The summed E-state index contributed by atoms with van der Waals surface area (Å²) in [6.07, 6.45) is 2.99. The molecule has 0 amide bonds. The molecule has 0 unspecified atom stereocenters. The fourth-order valence-corrected chi connectivity index (χ4v) is 1.63. The van der Waals surface area contributed by atoms with Gasteiger partial charge in [0.05, 0.1) is 11.9 Å². The lowest BCUT2D eigenvalue weighted by Crippen LogP contribution is -2.00. The van der Waals surface area contributed by atoms with Crippen molar-refractivity contribution < 1.29 is 5.11 Å². The first-order chi connectivity index (χ1) is 8.29. The van der Waals surface area contributed by atoms with Crippen LogP contribution in [0.25, 0.3) is 11.3 Å². The van der Waals surface area contributed by atoms with E-state index in [1.807, 2.05) is 25.1 Å². The fraction of sp³-hybridized carbons (Fsp3) is 0.308. The van der Waals surface area contributed by atoms with Crippen molar-refractivity contribution in [1.82, 2.24) is 15.2 Å². The molecule has 0 radical (unpaired) electrons. The van der Waals surface area contributed by atoms with Gasteiger partial charge >= 0.3 is 0 Å². The van der Waals surface area contributed by atoms with E-state index >= 15 is 0 Å². The fourth-order valence-electron chi connectivity index (χ4n) is 1.63. The van der Waals surface area contributed by atoms with Crippen molar-refractivity contribution in [2.24, 2.45) is 0 Å². The number of hydrogen-bond donors (Lipinski definition) is 1. The van der Waals surface area contributed by atoms with E-state index in [0.29, 0.717) is 18.7 Å². The van der Waals surface area contributed by atoms with E-state index in [9.17, 15) is 0 Å². The van der Waals surface area contributed by atoms with Crippen molar-refractivity contribution in [2.75, 3.05) is 6.61 Å². The number of rotatable bonds is 4. The molecule has 0 saturated heterocycles. The molecule has 0 aliphatic carbocycles. The summed E-state index contributed by atoms with van der Waals surface area (Å²) in [7, 11) is 0. The minimum atomic E-state index is 0.151. The van der Waals surface area contributed by atoms with Gasteiger partial charge < -0.3 is 5.11 Å². The molecule has 2 aromatic rings. The monoisotopic (exact) mass is 229 g/mol. The number of aromatic nitrogens is 3. The number of aliphatic hydroxyl groups excluding tert-OH is 1. The molecule has 0 aliphatic heterocycles. The molecule has 0 spiro atoms. The van der Waals surface area contributed by atoms with Crippen LogP contribution in [0.15, 0.2) is 30.5 Å².